The molecule has 0 radical (unpaired) electrons. The van der Waals surface area contributed by atoms with Crippen LogP contribution in [0.2, 0.25) is 5.02 Å². The maximum absolute atomic E-state index is 12.6. The smallest absolute Gasteiger partial charge is 0.406 e. The summed E-state index contributed by atoms with van der Waals surface area (Å²) < 4.78 is 47.8. The molecule has 2 aromatic carbocycles. The maximum atomic E-state index is 12.6. The lowest BCUT2D eigenvalue weighted by molar-refractivity contribution is -0.274. The number of benzene rings is 2. The lowest BCUT2D eigenvalue weighted by atomic mass is 10.1. The molecule has 0 saturated heterocycles. The molecule has 8 nitrogen and oxygen atoms in total. The van der Waals surface area contributed by atoms with Gasteiger partial charge in [-0.05, 0) is 29.8 Å². The van der Waals surface area contributed by atoms with Crippen LogP contribution in [0, 0.1) is 0 Å². The van der Waals surface area contributed by atoms with E-state index in [4.69, 9.17) is 16.3 Å². The Morgan fingerprint density at radius 2 is 1.97 bits per heavy atom. The molecule has 1 aliphatic rings. The molecule has 2 amide bonds. The number of methoxy groups -OCH3 is 1. The predicted octanol–water partition coefficient (Wildman–Crippen LogP) is 4.77. The zero-order chi connectivity index (χ0) is 24.5. The van der Waals surface area contributed by atoms with E-state index in [-0.39, 0.29) is 18.7 Å². The molecule has 1 atom stereocenters. The summed E-state index contributed by atoms with van der Waals surface area (Å²) in [7, 11) is 1.51. The number of nitrogens with one attached hydrogen (secondary N) is 2. The third kappa shape index (κ3) is 5.15. The molecule has 4 rings (SSSR count). The van der Waals surface area contributed by atoms with Crippen molar-refractivity contribution in [3.8, 4) is 16.9 Å². The van der Waals surface area contributed by atoms with Gasteiger partial charge in [0.25, 0.3) is 5.91 Å². The molecular formula is C22H18ClF3N4O4. The Labute approximate surface area is 196 Å². The number of carbonyl (C=O) groups excluding carboxylic acids is 2. The topological polar surface area (TPSA) is 94.5 Å². The van der Waals surface area contributed by atoms with Gasteiger partial charge in [0.1, 0.15) is 17.6 Å². The van der Waals surface area contributed by atoms with E-state index in [2.05, 4.69) is 20.5 Å². The lowest BCUT2D eigenvalue weighted by Crippen LogP contribution is -2.24. The SMILES string of the molecule is COCc1nn2c(c1-c1ccc(Cl)cc1)NC(=O)C2CC(=O)Nc1cccc(OC(F)(F)F)c1. The Hall–Kier alpha value is -3.57. The summed E-state index contributed by atoms with van der Waals surface area (Å²) in [4.78, 5) is 25.3. The van der Waals surface area contributed by atoms with Gasteiger partial charge in [0.15, 0.2) is 0 Å². The molecule has 1 unspecified atom stereocenters. The van der Waals surface area contributed by atoms with Crippen molar-refractivity contribution in [2.24, 2.45) is 0 Å². The van der Waals surface area contributed by atoms with Crippen LogP contribution in [0.1, 0.15) is 18.2 Å². The molecule has 178 valence electrons. The third-order valence-corrected chi connectivity index (χ3v) is 5.22. The molecule has 34 heavy (non-hydrogen) atoms. The normalized spacial score (nSPS) is 15.1. The van der Waals surface area contributed by atoms with Gasteiger partial charge in [-0.2, -0.15) is 5.10 Å². The molecule has 0 fully saturated rings. The number of ether oxygens (including phenoxy) is 2. The van der Waals surface area contributed by atoms with Crippen molar-refractivity contribution in [1.29, 1.82) is 0 Å². The molecule has 2 heterocycles. The Bertz CT molecular complexity index is 1230. The average Bonchev–Trinajstić information content (AvgIpc) is 3.23. The summed E-state index contributed by atoms with van der Waals surface area (Å²) in [6.07, 6.45) is -5.15. The van der Waals surface area contributed by atoms with Gasteiger partial charge in [0.05, 0.1) is 18.7 Å². The predicted molar refractivity (Wildman–Crippen MR) is 117 cm³/mol. The number of alkyl halides is 3. The van der Waals surface area contributed by atoms with Gasteiger partial charge in [-0.1, -0.05) is 29.8 Å². The van der Waals surface area contributed by atoms with Crippen LogP contribution in [0.3, 0.4) is 0 Å². The van der Waals surface area contributed by atoms with E-state index in [0.717, 1.165) is 17.7 Å². The highest BCUT2D eigenvalue weighted by Crippen LogP contribution is 2.39. The molecule has 0 saturated carbocycles. The second kappa shape index (κ2) is 9.35. The first-order valence-corrected chi connectivity index (χ1v) is 10.3. The van der Waals surface area contributed by atoms with Crippen LogP contribution in [-0.4, -0.2) is 35.1 Å². The lowest BCUT2D eigenvalue weighted by Gasteiger charge is -2.12. The summed E-state index contributed by atoms with van der Waals surface area (Å²) >= 11 is 5.98. The van der Waals surface area contributed by atoms with Gasteiger partial charge in [0.2, 0.25) is 5.91 Å². The summed E-state index contributed by atoms with van der Waals surface area (Å²) in [5.41, 5.74) is 2.05. The highest BCUT2D eigenvalue weighted by Gasteiger charge is 2.37. The van der Waals surface area contributed by atoms with Crippen molar-refractivity contribution in [1.82, 2.24) is 9.78 Å². The first-order chi connectivity index (χ1) is 16.1. The zero-order valence-electron chi connectivity index (χ0n) is 17.6. The van der Waals surface area contributed by atoms with E-state index >= 15 is 0 Å². The van der Waals surface area contributed by atoms with Crippen LogP contribution in [0.4, 0.5) is 24.7 Å². The fourth-order valence-corrected chi connectivity index (χ4v) is 3.76. The van der Waals surface area contributed by atoms with Crippen molar-refractivity contribution in [2.45, 2.75) is 25.4 Å². The van der Waals surface area contributed by atoms with Crippen LogP contribution in [-0.2, 0) is 20.9 Å². The second-order valence-electron chi connectivity index (χ2n) is 7.39. The average molecular weight is 495 g/mol. The fourth-order valence-electron chi connectivity index (χ4n) is 3.63. The summed E-state index contributed by atoms with van der Waals surface area (Å²) in [5, 5.41) is 10.3. The van der Waals surface area contributed by atoms with Crippen molar-refractivity contribution >= 4 is 34.9 Å². The number of nitrogens with zero attached hydrogens (tertiary/aromatic N) is 2. The highest BCUT2D eigenvalue weighted by molar-refractivity contribution is 6.30. The second-order valence-corrected chi connectivity index (χ2v) is 7.82. The number of hydrogen-bond acceptors (Lipinski definition) is 5. The number of rotatable bonds is 7. The molecule has 2 N–H and O–H groups in total. The maximum Gasteiger partial charge on any atom is 0.573 e. The quantitative estimate of drug-likeness (QED) is 0.493. The van der Waals surface area contributed by atoms with Crippen molar-refractivity contribution in [2.75, 3.05) is 17.7 Å². The largest absolute Gasteiger partial charge is 0.573 e. The molecule has 1 aliphatic heterocycles. The number of aromatic nitrogens is 2. The van der Waals surface area contributed by atoms with E-state index in [9.17, 15) is 22.8 Å². The van der Waals surface area contributed by atoms with Gasteiger partial charge < -0.3 is 20.1 Å². The standard InChI is InChI=1S/C22H18ClF3N4O4/c1-33-11-16-19(12-5-7-13(23)8-6-12)20-28-21(32)17(30(20)29-16)10-18(31)27-14-3-2-4-15(9-14)34-22(24,25)26/h2-9,17H,10-11H2,1H3,(H,27,31)(H,28,32). The van der Waals surface area contributed by atoms with E-state index < -0.39 is 30.0 Å². The molecule has 12 heteroatoms. The van der Waals surface area contributed by atoms with Crippen LogP contribution >= 0.6 is 11.6 Å². The van der Waals surface area contributed by atoms with E-state index in [0.29, 0.717) is 22.1 Å². The highest BCUT2D eigenvalue weighted by atomic mass is 35.5. The number of halogens is 4. The Kier molecular flexibility index (Phi) is 6.49. The number of anilines is 2. The summed E-state index contributed by atoms with van der Waals surface area (Å²) in [6.45, 7) is 0.165. The molecular weight excluding hydrogens is 477 g/mol. The first kappa shape index (κ1) is 23.6. The van der Waals surface area contributed by atoms with Crippen molar-refractivity contribution in [3.05, 3.63) is 59.2 Å². The van der Waals surface area contributed by atoms with Crippen molar-refractivity contribution < 1.29 is 32.2 Å². The fraction of sp³-hybridized carbons (Fsp3) is 0.227. The number of carbonyl (C=O) groups is 2. The minimum absolute atomic E-state index is 0.0905. The summed E-state index contributed by atoms with van der Waals surface area (Å²) in [5.74, 6) is -1.09. The van der Waals surface area contributed by atoms with Crippen LogP contribution in [0.5, 0.6) is 5.75 Å². The Morgan fingerprint density at radius 3 is 2.65 bits per heavy atom. The van der Waals surface area contributed by atoms with Gasteiger partial charge in [-0.3, -0.25) is 9.59 Å². The molecule has 0 aliphatic carbocycles. The van der Waals surface area contributed by atoms with Gasteiger partial charge in [-0.15, -0.1) is 13.2 Å². The first-order valence-electron chi connectivity index (χ1n) is 9.97. The minimum Gasteiger partial charge on any atom is -0.406 e. The number of amides is 2. The van der Waals surface area contributed by atoms with Gasteiger partial charge in [-0.25, -0.2) is 4.68 Å². The zero-order valence-corrected chi connectivity index (χ0v) is 18.4. The monoisotopic (exact) mass is 494 g/mol. The van der Waals surface area contributed by atoms with Gasteiger partial charge >= 0.3 is 6.36 Å². The molecule has 1 aromatic heterocycles. The minimum atomic E-state index is -4.86. The number of fused-ring (bicyclic) bond motifs is 1. The van der Waals surface area contributed by atoms with Crippen LogP contribution in [0.15, 0.2) is 48.5 Å². The van der Waals surface area contributed by atoms with Crippen LogP contribution < -0.4 is 15.4 Å². The molecule has 3 aromatic rings. The van der Waals surface area contributed by atoms with Gasteiger partial charge in [0, 0.05) is 29.4 Å². The third-order valence-electron chi connectivity index (χ3n) is 4.97. The van der Waals surface area contributed by atoms with Crippen molar-refractivity contribution in [3.63, 3.8) is 0 Å². The Balaban J connectivity index is 1.55. The Morgan fingerprint density at radius 1 is 1.24 bits per heavy atom. The summed E-state index contributed by atoms with van der Waals surface area (Å²) in [6, 6.07) is 10.9. The molecule has 0 spiro atoms. The van der Waals surface area contributed by atoms with Crippen LogP contribution in [0.25, 0.3) is 11.1 Å². The van der Waals surface area contributed by atoms with E-state index in [1.54, 1.807) is 24.3 Å². The van der Waals surface area contributed by atoms with E-state index in [1.165, 1.54) is 23.9 Å². The number of hydrogen-bond donors (Lipinski definition) is 2. The van der Waals surface area contributed by atoms with E-state index in [1.807, 2.05) is 0 Å². The molecule has 0 bridgehead atoms.